The van der Waals surface area contributed by atoms with E-state index in [-0.39, 0.29) is 6.61 Å². The van der Waals surface area contributed by atoms with Gasteiger partial charge in [0.15, 0.2) is 0 Å². The van der Waals surface area contributed by atoms with E-state index in [1.165, 1.54) is 0 Å². The molecule has 0 atom stereocenters. The standard InChI is InChI=1S/C11H14Br2O2/c1-6-7(2)11(15-3)10(13)8(4-5-14)9(6)12/h14H,4-5H2,1-3H3. The lowest BCUT2D eigenvalue weighted by molar-refractivity contribution is 0.299. The van der Waals surface area contributed by atoms with Crippen LogP contribution in [0.4, 0.5) is 0 Å². The second kappa shape index (κ2) is 5.32. The van der Waals surface area contributed by atoms with Gasteiger partial charge in [-0.05, 0) is 52.9 Å². The van der Waals surface area contributed by atoms with Crippen molar-refractivity contribution in [3.05, 3.63) is 25.6 Å². The molecule has 0 amide bonds. The molecule has 84 valence electrons. The zero-order chi connectivity index (χ0) is 11.6. The highest BCUT2D eigenvalue weighted by atomic mass is 79.9. The Bertz CT molecular complexity index is 376. The van der Waals surface area contributed by atoms with E-state index in [4.69, 9.17) is 9.84 Å². The number of benzene rings is 1. The highest BCUT2D eigenvalue weighted by Crippen LogP contribution is 2.40. The monoisotopic (exact) mass is 336 g/mol. The van der Waals surface area contributed by atoms with Gasteiger partial charge in [-0.2, -0.15) is 0 Å². The van der Waals surface area contributed by atoms with E-state index in [1.807, 2.05) is 13.8 Å². The summed E-state index contributed by atoms with van der Waals surface area (Å²) in [5, 5.41) is 9.01. The zero-order valence-corrected chi connectivity index (χ0v) is 12.2. The van der Waals surface area contributed by atoms with E-state index < -0.39 is 0 Å². The number of aliphatic hydroxyl groups excluding tert-OH is 1. The van der Waals surface area contributed by atoms with Crippen molar-refractivity contribution in [3.8, 4) is 5.75 Å². The minimum absolute atomic E-state index is 0.128. The minimum atomic E-state index is 0.128. The lowest BCUT2D eigenvalue weighted by Crippen LogP contribution is -2.01. The fraction of sp³-hybridized carbons (Fsp3) is 0.455. The van der Waals surface area contributed by atoms with Crippen LogP contribution in [-0.4, -0.2) is 18.8 Å². The number of hydrogen-bond acceptors (Lipinski definition) is 2. The van der Waals surface area contributed by atoms with Gasteiger partial charge in [0.1, 0.15) is 5.75 Å². The first-order chi connectivity index (χ1) is 7.04. The van der Waals surface area contributed by atoms with Gasteiger partial charge in [-0.3, -0.25) is 0 Å². The molecule has 0 aromatic heterocycles. The van der Waals surface area contributed by atoms with Crippen LogP contribution >= 0.6 is 31.9 Å². The van der Waals surface area contributed by atoms with E-state index in [1.54, 1.807) is 7.11 Å². The molecule has 0 aliphatic rings. The van der Waals surface area contributed by atoms with Crippen molar-refractivity contribution >= 4 is 31.9 Å². The summed E-state index contributed by atoms with van der Waals surface area (Å²) in [6.45, 7) is 4.19. The number of ether oxygens (including phenoxy) is 1. The molecular weight excluding hydrogens is 324 g/mol. The highest BCUT2D eigenvalue weighted by Gasteiger charge is 2.16. The van der Waals surface area contributed by atoms with Crippen LogP contribution in [-0.2, 0) is 6.42 Å². The Kier molecular flexibility index (Phi) is 4.62. The summed E-state index contributed by atoms with van der Waals surface area (Å²) in [7, 11) is 1.66. The summed E-state index contributed by atoms with van der Waals surface area (Å²) in [6.07, 6.45) is 0.610. The first-order valence-electron chi connectivity index (χ1n) is 4.66. The summed E-state index contributed by atoms with van der Waals surface area (Å²) in [4.78, 5) is 0. The Balaban J connectivity index is 3.45. The molecular formula is C11H14Br2O2. The molecule has 0 heterocycles. The number of aliphatic hydroxyl groups is 1. The van der Waals surface area contributed by atoms with Crippen LogP contribution < -0.4 is 4.74 Å². The van der Waals surface area contributed by atoms with E-state index in [0.717, 1.165) is 31.4 Å². The van der Waals surface area contributed by atoms with Gasteiger partial charge in [0.05, 0.1) is 11.6 Å². The molecule has 15 heavy (non-hydrogen) atoms. The third-order valence-corrected chi connectivity index (χ3v) is 4.44. The first kappa shape index (κ1) is 13.0. The quantitative estimate of drug-likeness (QED) is 0.916. The summed E-state index contributed by atoms with van der Waals surface area (Å²) in [6, 6.07) is 0. The van der Waals surface area contributed by atoms with Crippen LogP contribution in [0.1, 0.15) is 16.7 Å². The topological polar surface area (TPSA) is 29.5 Å². The molecule has 0 fully saturated rings. The van der Waals surface area contributed by atoms with Crippen molar-refractivity contribution < 1.29 is 9.84 Å². The maximum Gasteiger partial charge on any atom is 0.136 e. The smallest absolute Gasteiger partial charge is 0.136 e. The van der Waals surface area contributed by atoms with E-state index in [9.17, 15) is 0 Å². The molecule has 0 saturated carbocycles. The molecule has 1 rings (SSSR count). The minimum Gasteiger partial charge on any atom is -0.495 e. The Hall–Kier alpha value is -0.0600. The molecule has 2 nitrogen and oxygen atoms in total. The lowest BCUT2D eigenvalue weighted by Gasteiger charge is -2.16. The summed E-state index contributed by atoms with van der Waals surface area (Å²) < 4.78 is 7.32. The summed E-state index contributed by atoms with van der Waals surface area (Å²) in [5.74, 6) is 0.846. The molecule has 1 N–H and O–H groups in total. The number of halogens is 2. The SMILES string of the molecule is COc1c(C)c(C)c(Br)c(CCO)c1Br. The van der Waals surface area contributed by atoms with Crippen molar-refractivity contribution in [2.24, 2.45) is 0 Å². The molecule has 0 aliphatic carbocycles. The van der Waals surface area contributed by atoms with Gasteiger partial charge in [-0.15, -0.1) is 0 Å². The van der Waals surface area contributed by atoms with Crippen LogP contribution in [0.3, 0.4) is 0 Å². The maximum absolute atomic E-state index is 9.01. The Morgan fingerprint density at radius 2 is 1.73 bits per heavy atom. The molecule has 0 aliphatic heterocycles. The Morgan fingerprint density at radius 1 is 1.13 bits per heavy atom. The molecule has 1 aromatic carbocycles. The fourth-order valence-corrected chi connectivity index (χ4v) is 3.35. The van der Waals surface area contributed by atoms with E-state index in [2.05, 4.69) is 31.9 Å². The van der Waals surface area contributed by atoms with Gasteiger partial charge in [0.2, 0.25) is 0 Å². The molecule has 4 heteroatoms. The first-order valence-corrected chi connectivity index (χ1v) is 6.25. The molecule has 0 saturated heterocycles. The third-order valence-electron chi connectivity index (χ3n) is 2.53. The van der Waals surface area contributed by atoms with Gasteiger partial charge in [0.25, 0.3) is 0 Å². The van der Waals surface area contributed by atoms with E-state index in [0.29, 0.717) is 6.42 Å². The number of hydrogen-bond donors (Lipinski definition) is 1. The molecule has 0 bridgehead atoms. The van der Waals surface area contributed by atoms with Crippen molar-refractivity contribution in [1.82, 2.24) is 0 Å². The average molecular weight is 338 g/mol. The van der Waals surface area contributed by atoms with Crippen LogP contribution in [0.15, 0.2) is 8.95 Å². The fourth-order valence-electron chi connectivity index (χ4n) is 1.53. The zero-order valence-electron chi connectivity index (χ0n) is 9.03. The number of rotatable bonds is 3. The third kappa shape index (κ3) is 2.37. The predicted octanol–water partition coefficient (Wildman–Crippen LogP) is 3.37. The normalized spacial score (nSPS) is 10.5. The van der Waals surface area contributed by atoms with Crippen LogP contribution in [0, 0.1) is 13.8 Å². The highest BCUT2D eigenvalue weighted by molar-refractivity contribution is 9.11. The van der Waals surface area contributed by atoms with Crippen LogP contribution in [0.5, 0.6) is 5.75 Å². The van der Waals surface area contributed by atoms with Gasteiger partial charge in [-0.1, -0.05) is 15.9 Å². The second-order valence-corrected chi connectivity index (χ2v) is 4.95. The second-order valence-electron chi connectivity index (χ2n) is 3.36. The largest absolute Gasteiger partial charge is 0.495 e. The van der Waals surface area contributed by atoms with Crippen molar-refractivity contribution in [2.75, 3.05) is 13.7 Å². The van der Waals surface area contributed by atoms with E-state index >= 15 is 0 Å². The van der Waals surface area contributed by atoms with Gasteiger partial charge < -0.3 is 9.84 Å². The average Bonchev–Trinajstić information content (AvgIpc) is 2.22. The molecule has 0 unspecified atom stereocenters. The van der Waals surface area contributed by atoms with Crippen molar-refractivity contribution in [2.45, 2.75) is 20.3 Å². The van der Waals surface area contributed by atoms with Gasteiger partial charge in [-0.25, -0.2) is 0 Å². The molecule has 1 aromatic rings. The Labute approximate surface area is 107 Å². The molecule has 0 radical (unpaired) electrons. The van der Waals surface area contributed by atoms with Crippen molar-refractivity contribution in [3.63, 3.8) is 0 Å². The maximum atomic E-state index is 9.01. The van der Waals surface area contributed by atoms with Gasteiger partial charge >= 0.3 is 0 Å². The van der Waals surface area contributed by atoms with Gasteiger partial charge in [0, 0.05) is 11.1 Å². The summed E-state index contributed by atoms with van der Waals surface area (Å²) >= 11 is 7.06. The van der Waals surface area contributed by atoms with Crippen molar-refractivity contribution in [1.29, 1.82) is 0 Å². The lowest BCUT2D eigenvalue weighted by atomic mass is 10.0. The van der Waals surface area contributed by atoms with Crippen LogP contribution in [0.2, 0.25) is 0 Å². The predicted molar refractivity (Wildman–Crippen MR) is 68.7 cm³/mol. The Morgan fingerprint density at radius 3 is 2.20 bits per heavy atom. The molecule has 0 spiro atoms. The summed E-state index contributed by atoms with van der Waals surface area (Å²) in [5.41, 5.74) is 3.31. The van der Waals surface area contributed by atoms with Crippen LogP contribution in [0.25, 0.3) is 0 Å². The number of methoxy groups -OCH3 is 1.